The maximum Gasteiger partial charge on any atom is 0.200 e. The SMILES string of the molecule is COC(C)C#C/C=C/S(=O)(=O)c1ccccc1. The van der Waals surface area contributed by atoms with E-state index in [-0.39, 0.29) is 11.0 Å². The minimum atomic E-state index is -3.39. The fourth-order valence-corrected chi connectivity index (χ4v) is 1.98. The van der Waals surface area contributed by atoms with Gasteiger partial charge in [-0.25, -0.2) is 8.42 Å². The summed E-state index contributed by atoms with van der Waals surface area (Å²) >= 11 is 0. The van der Waals surface area contributed by atoms with Crippen molar-refractivity contribution < 1.29 is 13.2 Å². The molecule has 0 saturated heterocycles. The highest BCUT2D eigenvalue weighted by Crippen LogP contribution is 2.10. The van der Waals surface area contributed by atoms with E-state index in [0.717, 1.165) is 5.41 Å². The molecule has 1 rings (SSSR count). The summed E-state index contributed by atoms with van der Waals surface area (Å²) in [5.74, 6) is 5.36. The van der Waals surface area contributed by atoms with Gasteiger partial charge in [-0.1, -0.05) is 30.0 Å². The Morgan fingerprint density at radius 3 is 2.53 bits per heavy atom. The predicted octanol–water partition coefficient (Wildman–Crippen LogP) is 2.01. The molecule has 4 heteroatoms. The van der Waals surface area contributed by atoms with E-state index < -0.39 is 9.84 Å². The molecule has 0 fully saturated rings. The van der Waals surface area contributed by atoms with Crippen LogP contribution in [0.3, 0.4) is 0 Å². The number of rotatable bonds is 3. The lowest BCUT2D eigenvalue weighted by Gasteiger charge is -1.97. The highest BCUT2D eigenvalue weighted by Gasteiger charge is 2.07. The smallest absolute Gasteiger partial charge is 0.200 e. The molecule has 0 radical (unpaired) electrons. The topological polar surface area (TPSA) is 43.4 Å². The van der Waals surface area contributed by atoms with Crippen molar-refractivity contribution in [2.45, 2.75) is 17.9 Å². The highest BCUT2D eigenvalue weighted by atomic mass is 32.2. The van der Waals surface area contributed by atoms with Gasteiger partial charge in [-0.05, 0) is 25.1 Å². The number of benzene rings is 1. The van der Waals surface area contributed by atoms with Gasteiger partial charge < -0.3 is 4.74 Å². The molecule has 17 heavy (non-hydrogen) atoms. The fraction of sp³-hybridized carbons (Fsp3) is 0.231. The van der Waals surface area contributed by atoms with Gasteiger partial charge in [0.15, 0.2) is 9.84 Å². The first kappa shape index (κ1) is 13.5. The van der Waals surface area contributed by atoms with Gasteiger partial charge in [-0.15, -0.1) is 0 Å². The Morgan fingerprint density at radius 2 is 1.94 bits per heavy atom. The van der Waals surface area contributed by atoms with Crippen LogP contribution in [0.15, 0.2) is 46.7 Å². The summed E-state index contributed by atoms with van der Waals surface area (Å²) < 4.78 is 28.4. The van der Waals surface area contributed by atoms with Gasteiger partial charge in [0, 0.05) is 12.5 Å². The van der Waals surface area contributed by atoms with E-state index in [1.807, 2.05) is 0 Å². The van der Waals surface area contributed by atoms with Crippen LogP contribution >= 0.6 is 0 Å². The van der Waals surface area contributed by atoms with Crippen molar-refractivity contribution in [2.75, 3.05) is 7.11 Å². The summed E-state index contributed by atoms with van der Waals surface area (Å²) in [7, 11) is -1.84. The van der Waals surface area contributed by atoms with Crippen molar-refractivity contribution in [3.8, 4) is 11.8 Å². The maximum absolute atomic E-state index is 11.8. The Kier molecular flexibility index (Phi) is 4.95. The van der Waals surface area contributed by atoms with Crippen LogP contribution in [0.1, 0.15) is 6.92 Å². The maximum atomic E-state index is 11.8. The quantitative estimate of drug-likeness (QED) is 0.771. The number of hydrogen-bond acceptors (Lipinski definition) is 3. The molecule has 90 valence electrons. The lowest BCUT2D eigenvalue weighted by atomic mass is 10.4. The van der Waals surface area contributed by atoms with Crippen LogP contribution < -0.4 is 0 Å². The molecule has 0 amide bonds. The van der Waals surface area contributed by atoms with E-state index in [1.54, 1.807) is 44.4 Å². The van der Waals surface area contributed by atoms with Crippen LogP contribution in [-0.4, -0.2) is 21.6 Å². The zero-order chi connectivity index (χ0) is 12.7. The molecule has 0 aliphatic carbocycles. The largest absolute Gasteiger partial charge is 0.369 e. The lowest BCUT2D eigenvalue weighted by molar-refractivity contribution is 0.163. The van der Waals surface area contributed by atoms with Crippen molar-refractivity contribution >= 4 is 9.84 Å². The Hall–Kier alpha value is -1.57. The number of methoxy groups -OCH3 is 1. The molecular formula is C13H14O3S. The Bertz CT molecular complexity index is 533. The zero-order valence-corrected chi connectivity index (χ0v) is 10.6. The molecule has 0 bridgehead atoms. The highest BCUT2D eigenvalue weighted by molar-refractivity contribution is 7.94. The van der Waals surface area contributed by atoms with Crippen LogP contribution in [0.5, 0.6) is 0 Å². The molecule has 3 nitrogen and oxygen atoms in total. The number of hydrogen-bond donors (Lipinski definition) is 0. The van der Waals surface area contributed by atoms with E-state index in [0.29, 0.717) is 0 Å². The van der Waals surface area contributed by atoms with Crippen LogP contribution in [0.4, 0.5) is 0 Å². The average Bonchev–Trinajstić information content (AvgIpc) is 2.35. The summed E-state index contributed by atoms with van der Waals surface area (Å²) in [4.78, 5) is 0.262. The number of allylic oxidation sites excluding steroid dienone is 1. The third-order valence-corrected chi connectivity index (χ3v) is 3.47. The van der Waals surface area contributed by atoms with Gasteiger partial charge >= 0.3 is 0 Å². The Labute approximate surface area is 102 Å². The van der Waals surface area contributed by atoms with Gasteiger partial charge in [-0.3, -0.25) is 0 Å². The average molecular weight is 250 g/mol. The minimum absolute atomic E-state index is 0.209. The Balaban J connectivity index is 2.81. The van der Waals surface area contributed by atoms with E-state index in [1.165, 1.54) is 6.08 Å². The first-order chi connectivity index (χ1) is 8.06. The molecular weight excluding hydrogens is 236 g/mol. The first-order valence-corrected chi connectivity index (χ1v) is 6.61. The summed E-state index contributed by atoms with van der Waals surface area (Å²) in [5, 5.41) is 1.09. The normalized spacial score (nSPS) is 13.1. The van der Waals surface area contributed by atoms with Crippen molar-refractivity contribution in [1.82, 2.24) is 0 Å². The van der Waals surface area contributed by atoms with Gasteiger partial charge in [0.25, 0.3) is 0 Å². The third-order valence-electron chi connectivity index (χ3n) is 2.04. The summed E-state index contributed by atoms with van der Waals surface area (Å²) in [6.07, 6.45) is 1.11. The molecule has 0 aliphatic heterocycles. The minimum Gasteiger partial charge on any atom is -0.369 e. The van der Waals surface area contributed by atoms with Crippen LogP contribution in [0.2, 0.25) is 0 Å². The second-order valence-corrected chi connectivity index (χ2v) is 5.16. The van der Waals surface area contributed by atoms with Crippen LogP contribution in [0.25, 0.3) is 0 Å². The molecule has 0 aromatic heterocycles. The second-order valence-electron chi connectivity index (χ2n) is 3.33. The third kappa shape index (κ3) is 4.43. The standard InChI is InChI=1S/C13H14O3S/c1-12(16-2)8-6-7-11-17(14,15)13-9-4-3-5-10-13/h3-5,7,9-12H,1-2H3/b11-7+. The predicted molar refractivity (Wildman–Crippen MR) is 67.0 cm³/mol. The molecule has 1 aromatic rings. The van der Waals surface area contributed by atoms with E-state index in [4.69, 9.17) is 4.74 Å². The van der Waals surface area contributed by atoms with Gasteiger partial charge in [0.05, 0.1) is 4.90 Å². The molecule has 0 saturated carbocycles. The van der Waals surface area contributed by atoms with E-state index >= 15 is 0 Å². The molecule has 1 atom stereocenters. The molecule has 1 aromatic carbocycles. The Morgan fingerprint density at radius 1 is 1.29 bits per heavy atom. The van der Waals surface area contributed by atoms with Gasteiger partial charge in [0.1, 0.15) is 6.10 Å². The molecule has 0 aliphatic rings. The zero-order valence-electron chi connectivity index (χ0n) is 9.75. The van der Waals surface area contributed by atoms with Crippen molar-refractivity contribution in [3.63, 3.8) is 0 Å². The van der Waals surface area contributed by atoms with Crippen molar-refractivity contribution in [1.29, 1.82) is 0 Å². The molecule has 0 spiro atoms. The summed E-state index contributed by atoms with van der Waals surface area (Å²) in [5.41, 5.74) is 0. The first-order valence-electron chi connectivity index (χ1n) is 5.07. The summed E-state index contributed by atoms with van der Waals surface area (Å²) in [6, 6.07) is 8.22. The van der Waals surface area contributed by atoms with Crippen molar-refractivity contribution in [2.24, 2.45) is 0 Å². The molecule has 0 heterocycles. The fourth-order valence-electron chi connectivity index (χ4n) is 1.04. The van der Waals surface area contributed by atoms with Gasteiger partial charge in [0.2, 0.25) is 0 Å². The lowest BCUT2D eigenvalue weighted by Crippen LogP contribution is -1.99. The van der Waals surface area contributed by atoms with E-state index in [9.17, 15) is 8.42 Å². The molecule has 0 N–H and O–H groups in total. The van der Waals surface area contributed by atoms with E-state index in [2.05, 4.69) is 11.8 Å². The monoisotopic (exact) mass is 250 g/mol. The molecule has 1 unspecified atom stereocenters. The number of sulfone groups is 1. The van der Waals surface area contributed by atoms with Crippen LogP contribution in [0, 0.1) is 11.8 Å². The second kappa shape index (κ2) is 6.24. The van der Waals surface area contributed by atoms with Crippen LogP contribution in [-0.2, 0) is 14.6 Å². The number of ether oxygens (including phenoxy) is 1. The van der Waals surface area contributed by atoms with Crippen molar-refractivity contribution in [3.05, 3.63) is 41.8 Å². The summed E-state index contributed by atoms with van der Waals surface area (Å²) in [6.45, 7) is 1.78. The van der Waals surface area contributed by atoms with Gasteiger partial charge in [-0.2, -0.15) is 0 Å².